The number of likely N-dealkylation sites (N-methyl/N-ethyl adjacent to an activating group) is 1. The summed E-state index contributed by atoms with van der Waals surface area (Å²) in [6, 6.07) is 32.4. The summed E-state index contributed by atoms with van der Waals surface area (Å²) in [7, 11) is 1.86. The van der Waals surface area contributed by atoms with E-state index in [0.29, 0.717) is 0 Å². The van der Waals surface area contributed by atoms with E-state index in [1.165, 1.54) is 5.39 Å². The molecule has 0 saturated carbocycles. The van der Waals surface area contributed by atoms with Crippen LogP contribution >= 0.6 is 0 Å². The van der Waals surface area contributed by atoms with Gasteiger partial charge in [-0.3, -0.25) is 4.79 Å². The third-order valence-corrected chi connectivity index (χ3v) is 5.45. The minimum absolute atomic E-state index is 0.0676. The molecule has 0 bridgehead atoms. The van der Waals surface area contributed by atoms with Gasteiger partial charge in [0, 0.05) is 12.7 Å². The average Bonchev–Trinajstić information content (AvgIpc) is 2.76. The number of fused-ring (bicyclic) bond motifs is 2. The Morgan fingerprint density at radius 1 is 0.679 bits per heavy atom. The second kappa shape index (κ2) is 6.54. The van der Waals surface area contributed by atoms with Crippen LogP contribution in [0.2, 0.25) is 0 Å². The maximum absolute atomic E-state index is 13.4. The molecule has 0 aliphatic carbocycles. The van der Waals surface area contributed by atoms with Crippen molar-refractivity contribution in [2.45, 2.75) is 6.04 Å². The molecule has 0 fully saturated rings. The zero-order chi connectivity index (χ0) is 19.1. The van der Waals surface area contributed by atoms with E-state index in [0.717, 1.165) is 28.0 Å². The van der Waals surface area contributed by atoms with Crippen molar-refractivity contribution in [2.75, 3.05) is 16.8 Å². The van der Waals surface area contributed by atoms with E-state index >= 15 is 0 Å². The fraction of sp³-hybridized carbons (Fsp3) is 0.0800. The Morgan fingerprint density at radius 3 is 2.11 bits per heavy atom. The van der Waals surface area contributed by atoms with E-state index in [1.54, 1.807) is 4.90 Å². The fourth-order valence-electron chi connectivity index (χ4n) is 4.04. The van der Waals surface area contributed by atoms with Crippen LogP contribution in [0.4, 0.5) is 17.1 Å². The summed E-state index contributed by atoms with van der Waals surface area (Å²) in [5, 5.41) is 2.35. The molecule has 0 radical (unpaired) electrons. The van der Waals surface area contributed by atoms with Gasteiger partial charge >= 0.3 is 0 Å². The van der Waals surface area contributed by atoms with E-state index < -0.39 is 6.04 Å². The summed E-state index contributed by atoms with van der Waals surface area (Å²) in [6.45, 7) is 0. The van der Waals surface area contributed by atoms with Gasteiger partial charge in [-0.15, -0.1) is 0 Å². The van der Waals surface area contributed by atoms with E-state index in [-0.39, 0.29) is 5.91 Å². The highest BCUT2D eigenvalue weighted by molar-refractivity contribution is 6.07. The summed E-state index contributed by atoms with van der Waals surface area (Å²) in [6.07, 6.45) is 0. The number of anilines is 3. The molecule has 136 valence electrons. The molecule has 1 amide bonds. The number of benzene rings is 4. The van der Waals surface area contributed by atoms with Crippen molar-refractivity contribution >= 4 is 33.7 Å². The molecular formula is C25H20N2O. The Morgan fingerprint density at radius 2 is 1.32 bits per heavy atom. The van der Waals surface area contributed by atoms with Crippen molar-refractivity contribution in [3.05, 3.63) is 103 Å². The molecule has 0 spiro atoms. The molecule has 3 nitrogen and oxygen atoms in total. The van der Waals surface area contributed by atoms with Crippen molar-refractivity contribution < 1.29 is 4.79 Å². The first-order valence-corrected chi connectivity index (χ1v) is 9.43. The van der Waals surface area contributed by atoms with E-state index in [1.807, 2.05) is 67.7 Å². The second-order valence-electron chi connectivity index (χ2n) is 7.10. The molecule has 28 heavy (non-hydrogen) atoms. The van der Waals surface area contributed by atoms with Gasteiger partial charge in [0.05, 0.1) is 11.4 Å². The molecule has 0 N–H and O–H groups in total. The molecule has 4 aromatic rings. The number of rotatable bonds is 2. The standard InChI is InChI=1S/C25H20N2O/c1-26-22-13-7-8-14-23(22)27(24(25(26)28)19-10-3-2-4-11-19)21-16-15-18-9-5-6-12-20(18)17-21/h2-17,24H,1H3. The molecule has 5 rings (SSSR count). The number of hydrogen-bond donors (Lipinski definition) is 0. The molecule has 3 heteroatoms. The van der Waals surface area contributed by atoms with Crippen LogP contribution < -0.4 is 9.80 Å². The number of amides is 1. The van der Waals surface area contributed by atoms with Gasteiger partial charge in [-0.1, -0.05) is 72.8 Å². The molecule has 1 atom stereocenters. The van der Waals surface area contributed by atoms with Crippen LogP contribution in [-0.2, 0) is 4.79 Å². The highest BCUT2D eigenvalue weighted by Gasteiger charge is 2.38. The fourth-order valence-corrected chi connectivity index (χ4v) is 4.04. The van der Waals surface area contributed by atoms with E-state index in [2.05, 4.69) is 41.3 Å². The lowest BCUT2D eigenvalue weighted by atomic mass is 9.97. The molecule has 1 aliphatic heterocycles. The highest BCUT2D eigenvalue weighted by atomic mass is 16.2. The predicted octanol–water partition coefficient (Wildman–Crippen LogP) is 5.70. The monoisotopic (exact) mass is 364 g/mol. The topological polar surface area (TPSA) is 23.6 Å². The summed E-state index contributed by atoms with van der Waals surface area (Å²) in [5.41, 5.74) is 3.96. The third-order valence-electron chi connectivity index (χ3n) is 5.45. The normalized spacial score (nSPS) is 16.3. The van der Waals surface area contributed by atoms with Crippen molar-refractivity contribution in [3.8, 4) is 0 Å². The van der Waals surface area contributed by atoms with Gasteiger partial charge in [0.2, 0.25) is 0 Å². The molecular weight excluding hydrogens is 344 g/mol. The van der Waals surface area contributed by atoms with E-state index in [4.69, 9.17) is 0 Å². The Hall–Kier alpha value is -3.59. The molecule has 1 heterocycles. The SMILES string of the molecule is CN1C(=O)C(c2ccccc2)N(c2ccc3ccccc3c2)c2ccccc21. The highest BCUT2D eigenvalue weighted by Crippen LogP contribution is 2.45. The van der Waals surface area contributed by atoms with Gasteiger partial charge in [-0.05, 0) is 40.6 Å². The largest absolute Gasteiger partial charge is 0.323 e. The molecule has 0 saturated heterocycles. The van der Waals surface area contributed by atoms with Crippen molar-refractivity contribution in [2.24, 2.45) is 0 Å². The van der Waals surface area contributed by atoms with Crippen LogP contribution in [0, 0.1) is 0 Å². The van der Waals surface area contributed by atoms with Crippen molar-refractivity contribution in [1.82, 2.24) is 0 Å². The van der Waals surface area contributed by atoms with Gasteiger partial charge in [-0.2, -0.15) is 0 Å². The summed E-state index contributed by atoms with van der Waals surface area (Å²) < 4.78 is 0. The zero-order valence-electron chi connectivity index (χ0n) is 15.6. The van der Waals surface area contributed by atoms with Crippen LogP contribution in [0.5, 0.6) is 0 Å². The zero-order valence-corrected chi connectivity index (χ0v) is 15.6. The first-order chi connectivity index (χ1) is 13.7. The lowest BCUT2D eigenvalue weighted by Gasteiger charge is -2.42. The van der Waals surface area contributed by atoms with Gasteiger partial charge in [0.25, 0.3) is 5.91 Å². The minimum atomic E-state index is -0.401. The van der Waals surface area contributed by atoms with E-state index in [9.17, 15) is 4.79 Å². The lowest BCUT2D eigenvalue weighted by molar-refractivity contribution is -0.119. The minimum Gasteiger partial charge on any atom is -0.323 e. The first-order valence-electron chi connectivity index (χ1n) is 9.43. The maximum Gasteiger partial charge on any atom is 0.254 e. The number of carbonyl (C=O) groups excluding carboxylic acids is 1. The van der Waals surface area contributed by atoms with Crippen molar-refractivity contribution in [1.29, 1.82) is 0 Å². The predicted molar refractivity (Wildman–Crippen MR) is 115 cm³/mol. The van der Waals surface area contributed by atoms with Crippen molar-refractivity contribution in [3.63, 3.8) is 0 Å². The average molecular weight is 364 g/mol. The van der Waals surface area contributed by atoms with Crippen LogP contribution in [0.15, 0.2) is 97.1 Å². The Balaban J connectivity index is 1.76. The number of para-hydroxylation sites is 2. The molecule has 4 aromatic carbocycles. The van der Waals surface area contributed by atoms with Crippen LogP contribution in [0.3, 0.4) is 0 Å². The van der Waals surface area contributed by atoms with Gasteiger partial charge < -0.3 is 9.80 Å². The summed E-state index contributed by atoms with van der Waals surface area (Å²) in [4.78, 5) is 17.4. The Labute approximate surface area is 164 Å². The van der Waals surface area contributed by atoms with Crippen LogP contribution in [0.1, 0.15) is 11.6 Å². The Bertz CT molecular complexity index is 1170. The van der Waals surface area contributed by atoms with Crippen LogP contribution in [-0.4, -0.2) is 13.0 Å². The second-order valence-corrected chi connectivity index (χ2v) is 7.10. The summed E-state index contributed by atoms with van der Waals surface area (Å²) >= 11 is 0. The van der Waals surface area contributed by atoms with Gasteiger partial charge in [-0.25, -0.2) is 0 Å². The quantitative estimate of drug-likeness (QED) is 0.456. The number of nitrogens with zero attached hydrogens (tertiary/aromatic N) is 2. The number of carbonyl (C=O) groups is 1. The molecule has 1 unspecified atom stereocenters. The smallest absolute Gasteiger partial charge is 0.254 e. The van der Waals surface area contributed by atoms with Gasteiger partial charge in [0.1, 0.15) is 6.04 Å². The maximum atomic E-state index is 13.4. The third kappa shape index (κ3) is 2.55. The number of hydrogen-bond acceptors (Lipinski definition) is 2. The first kappa shape index (κ1) is 16.6. The van der Waals surface area contributed by atoms with Crippen LogP contribution in [0.25, 0.3) is 10.8 Å². The molecule has 0 aromatic heterocycles. The Kier molecular flexibility index (Phi) is 3.87. The summed E-state index contributed by atoms with van der Waals surface area (Å²) in [5.74, 6) is 0.0676. The lowest BCUT2D eigenvalue weighted by Crippen LogP contribution is -2.44. The molecule has 1 aliphatic rings. The van der Waals surface area contributed by atoms with Gasteiger partial charge in [0.15, 0.2) is 0 Å².